The number of nitrogen functional groups attached to an aromatic ring is 1. The van der Waals surface area contributed by atoms with Crippen molar-refractivity contribution in [2.75, 3.05) is 18.9 Å². The summed E-state index contributed by atoms with van der Waals surface area (Å²) in [5, 5.41) is 8.93. The standard InChI is InChI=1S/C11H15FN2O3S/c12-9-2-1-3-10(13)11(9)18(16,17)14(6-7-15)8-4-5-8/h1-3,8,15H,4-7,13H2. The molecule has 0 unspecified atom stereocenters. The molecule has 0 bridgehead atoms. The summed E-state index contributed by atoms with van der Waals surface area (Å²) >= 11 is 0. The van der Waals surface area contributed by atoms with Gasteiger partial charge >= 0.3 is 0 Å². The van der Waals surface area contributed by atoms with E-state index in [1.807, 2.05) is 0 Å². The molecule has 5 nitrogen and oxygen atoms in total. The van der Waals surface area contributed by atoms with Crippen LogP contribution in [-0.2, 0) is 10.0 Å². The van der Waals surface area contributed by atoms with Gasteiger partial charge in [-0.1, -0.05) is 6.07 Å². The molecule has 1 aliphatic rings. The molecule has 1 aromatic rings. The minimum absolute atomic E-state index is 0.0409. The predicted molar refractivity (Wildman–Crippen MR) is 64.8 cm³/mol. The largest absolute Gasteiger partial charge is 0.398 e. The van der Waals surface area contributed by atoms with Gasteiger partial charge in [0.05, 0.1) is 12.3 Å². The number of hydrogen-bond donors (Lipinski definition) is 2. The topological polar surface area (TPSA) is 83.6 Å². The summed E-state index contributed by atoms with van der Waals surface area (Å²) in [6.07, 6.45) is 1.46. The molecule has 1 fully saturated rings. The van der Waals surface area contributed by atoms with E-state index in [2.05, 4.69) is 0 Å². The SMILES string of the molecule is Nc1cccc(F)c1S(=O)(=O)N(CCO)C1CC1. The molecule has 0 radical (unpaired) electrons. The lowest BCUT2D eigenvalue weighted by atomic mass is 10.3. The molecule has 18 heavy (non-hydrogen) atoms. The highest BCUT2D eigenvalue weighted by molar-refractivity contribution is 7.89. The number of benzene rings is 1. The normalized spacial score (nSPS) is 16.2. The Morgan fingerprint density at radius 1 is 1.44 bits per heavy atom. The van der Waals surface area contributed by atoms with Crippen molar-refractivity contribution in [3.8, 4) is 0 Å². The zero-order chi connectivity index (χ0) is 13.3. The van der Waals surface area contributed by atoms with E-state index < -0.39 is 20.7 Å². The van der Waals surface area contributed by atoms with Gasteiger partial charge in [0.1, 0.15) is 10.7 Å². The van der Waals surface area contributed by atoms with Crippen molar-refractivity contribution in [3.63, 3.8) is 0 Å². The third-order valence-electron chi connectivity index (χ3n) is 2.84. The molecule has 0 atom stereocenters. The number of anilines is 1. The Balaban J connectivity index is 2.46. The van der Waals surface area contributed by atoms with Crippen molar-refractivity contribution in [2.45, 2.75) is 23.8 Å². The lowest BCUT2D eigenvalue weighted by Crippen LogP contribution is -2.36. The van der Waals surface area contributed by atoms with Crippen molar-refractivity contribution in [1.82, 2.24) is 4.31 Å². The van der Waals surface area contributed by atoms with Gasteiger partial charge in [-0.3, -0.25) is 0 Å². The number of hydrogen-bond acceptors (Lipinski definition) is 4. The highest BCUT2D eigenvalue weighted by Gasteiger charge is 2.39. The molecule has 0 aliphatic heterocycles. The molecule has 3 N–H and O–H groups in total. The van der Waals surface area contributed by atoms with E-state index in [1.54, 1.807) is 0 Å². The van der Waals surface area contributed by atoms with Crippen LogP contribution in [0.2, 0.25) is 0 Å². The maximum Gasteiger partial charge on any atom is 0.248 e. The van der Waals surface area contributed by atoms with Crippen LogP contribution in [0.25, 0.3) is 0 Å². The number of sulfonamides is 1. The van der Waals surface area contributed by atoms with E-state index in [9.17, 15) is 12.8 Å². The summed E-state index contributed by atoms with van der Waals surface area (Å²) in [4.78, 5) is -0.495. The van der Waals surface area contributed by atoms with Crippen LogP contribution >= 0.6 is 0 Å². The molecule has 0 heterocycles. The molecule has 1 saturated carbocycles. The van der Waals surface area contributed by atoms with Gasteiger partial charge in [-0.15, -0.1) is 0 Å². The van der Waals surface area contributed by atoms with Crippen molar-refractivity contribution in [2.24, 2.45) is 0 Å². The summed E-state index contributed by atoms with van der Waals surface area (Å²) in [5.74, 6) is -0.862. The fourth-order valence-corrected chi connectivity index (χ4v) is 3.72. The Bertz CT molecular complexity index is 523. The van der Waals surface area contributed by atoms with Gasteiger partial charge in [0.2, 0.25) is 10.0 Å². The lowest BCUT2D eigenvalue weighted by molar-refractivity contribution is 0.250. The molecule has 2 rings (SSSR count). The number of aliphatic hydroxyl groups is 1. The maximum atomic E-state index is 13.7. The van der Waals surface area contributed by atoms with Gasteiger partial charge in [0.25, 0.3) is 0 Å². The predicted octanol–water partition coefficient (Wildman–Crippen LogP) is 0.553. The van der Waals surface area contributed by atoms with Crippen LogP contribution in [0.5, 0.6) is 0 Å². The highest BCUT2D eigenvalue weighted by atomic mass is 32.2. The maximum absolute atomic E-state index is 13.7. The average Bonchev–Trinajstić information content (AvgIpc) is 3.08. The Morgan fingerprint density at radius 2 is 2.11 bits per heavy atom. The van der Waals surface area contributed by atoms with Gasteiger partial charge in [-0.05, 0) is 25.0 Å². The fraction of sp³-hybridized carbons (Fsp3) is 0.455. The summed E-state index contributed by atoms with van der Waals surface area (Å²) in [5.41, 5.74) is 5.44. The Labute approximate surface area is 105 Å². The van der Waals surface area contributed by atoms with E-state index in [0.717, 1.165) is 23.2 Å². The molecule has 100 valence electrons. The summed E-state index contributed by atoms with van der Waals surface area (Å²) < 4.78 is 39.5. The summed E-state index contributed by atoms with van der Waals surface area (Å²) in [6.45, 7) is -0.342. The molecule has 0 saturated heterocycles. The number of halogens is 1. The lowest BCUT2D eigenvalue weighted by Gasteiger charge is -2.21. The Hall–Kier alpha value is -1.18. The van der Waals surface area contributed by atoms with E-state index in [-0.39, 0.29) is 24.9 Å². The number of nitrogens with two attached hydrogens (primary N) is 1. The zero-order valence-corrected chi connectivity index (χ0v) is 10.5. The first-order chi connectivity index (χ1) is 8.48. The van der Waals surface area contributed by atoms with Crippen molar-refractivity contribution < 1.29 is 17.9 Å². The first-order valence-electron chi connectivity index (χ1n) is 5.65. The molecule has 0 amide bonds. The molecule has 1 aromatic carbocycles. The van der Waals surface area contributed by atoms with Crippen LogP contribution in [0, 0.1) is 5.82 Å². The monoisotopic (exact) mass is 274 g/mol. The first kappa shape index (κ1) is 13.3. The second-order valence-electron chi connectivity index (χ2n) is 4.23. The molecule has 0 spiro atoms. The summed E-state index contributed by atoms with van der Waals surface area (Å²) in [7, 11) is -3.99. The molecule has 1 aliphatic carbocycles. The van der Waals surface area contributed by atoms with Crippen molar-refractivity contribution >= 4 is 15.7 Å². The third-order valence-corrected chi connectivity index (χ3v) is 4.88. The second kappa shape index (κ2) is 4.83. The number of nitrogens with zero attached hydrogens (tertiary/aromatic N) is 1. The van der Waals surface area contributed by atoms with E-state index in [4.69, 9.17) is 10.8 Å². The minimum Gasteiger partial charge on any atom is -0.398 e. The Morgan fingerprint density at radius 3 is 2.61 bits per heavy atom. The molecular weight excluding hydrogens is 259 g/mol. The minimum atomic E-state index is -3.99. The zero-order valence-electron chi connectivity index (χ0n) is 9.71. The fourth-order valence-electron chi connectivity index (χ4n) is 1.88. The van der Waals surface area contributed by atoms with Gasteiger partial charge in [0, 0.05) is 12.6 Å². The van der Waals surface area contributed by atoms with Crippen molar-refractivity contribution in [3.05, 3.63) is 24.0 Å². The average molecular weight is 274 g/mol. The quantitative estimate of drug-likeness (QED) is 0.768. The molecule has 0 aromatic heterocycles. The third kappa shape index (κ3) is 2.33. The van der Waals surface area contributed by atoms with Crippen molar-refractivity contribution in [1.29, 1.82) is 0 Å². The Kier molecular flexibility index (Phi) is 3.56. The smallest absolute Gasteiger partial charge is 0.248 e. The van der Waals surface area contributed by atoms with Crippen LogP contribution < -0.4 is 5.73 Å². The second-order valence-corrected chi connectivity index (χ2v) is 6.06. The molecule has 7 heteroatoms. The summed E-state index contributed by atoms with van der Waals surface area (Å²) in [6, 6.07) is 3.62. The number of rotatable bonds is 5. The first-order valence-corrected chi connectivity index (χ1v) is 7.09. The van der Waals surface area contributed by atoms with Gasteiger partial charge in [-0.25, -0.2) is 12.8 Å². The van der Waals surface area contributed by atoms with Gasteiger partial charge in [0.15, 0.2) is 0 Å². The number of aliphatic hydroxyl groups excluding tert-OH is 1. The van der Waals surface area contributed by atoms with Crippen LogP contribution in [0.1, 0.15) is 12.8 Å². The van der Waals surface area contributed by atoms with Crippen LogP contribution in [-0.4, -0.2) is 37.0 Å². The van der Waals surface area contributed by atoms with Gasteiger partial charge < -0.3 is 10.8 Å². The van der Waals surface area contributed by atoms with Crippen LogP contribution in [0.4, 0.5) is 10.1 Å². The van der Waals surface area contributed by atoms with Crippen LogP contribution in [0.15, 0.2) is 23.1 Å². The van der Waals surface area contributed by atoms with E-state index in [0.29, 0.717) is 0 Å². The van der Waals surface area contributed by atoms with E-state index in [1.165, 1.54) is 12.1 Å². The molecular formula is C11H15FN2O3S. The van der Waals surface area contributed by atoms with Gasteiger partial charge in [-0.2, -0.15) is 4.31 Å². The van der Waals surface area contributed by atoms with E-state index >= 15 is 0 Å². The van der Waals surface area contributed by atoms with Crippen LogP contribution in [0.3, 0.4) is 0 Å². The highest BCUT2D eigenvalue weighted by Crippen LogP contribution is 2.34.